The Hall–Kier alpha value is -0.540. The number of hydrogen-bond donors (Lipinski definition) is 1. The second-order valence-electron chi connectivity index (χ2n) is 6.53. The molecule has 114 valence electrons. The van der Waals surface area contributed by atoms with Gasteiger partial charge in [0.2, 0.25) is 5.12 Å². The Morgan fingerprint density at radius 3 is 2.80 bits per heavy atom. The summed E-state index contributed by atoms with van der Waals surface area (Å²) in [5.74, 6) is 0.694. The molecule has 0 radical (unpaired) electrons. The van der Waals surface area contributed by atoms with Gasteiger partial charge in [0, 0.05) is 7.11 Å². The molecule has 0 fully saturated rings. The van der Waals surface area contributed by atoms with Crippen LogP contribution in [0.15, 0.2) is 23.3 Å². The predicted octanol–water partition coefficient (Wildman–Crippen LogP) is 4.71. The molecule has 3 heteroatoms. The Balaban J connectivity index is 2.33. The van der Waals surface area contributed by atoms with E-state index in [4.69, 9.17) is 4.74 Å². The van der Waals surface area contributed by atoms with E-state index < -0.39 is 0 Å². The van der Waals surface area contributed by atoms with Crippen LogP contribution in [0.4, 0.5) is 0 Å². The van der Waals surface area contributed by atoms with Crippen LogP contribution in [0.2, 0.25) is 0 Å². The van der Waals surface area contributed by atoms with Crippen molar-refractivity contribution in [2.24, 2.45) is 5.92 Å². The fraction of sp³-hybridized carbons (Fsp3) is 0.706. The van der Waals surface area contributed by atoms with Gasteiger partial charge < -0.3 is 4.74 Å². The summed E-state index contributed by atoms with van der Waals surface area (Å²) >= 11 is 3.80. The Morgan fingerprint density at radius 2 is 2.20 bits per heavy atom. The highest BCUT2D eigenvalue weighted by atomic mass is 32.1. The zero-order chi connectivity index (χ0) is 15.2. The smallest absolute Gasteiger partial charge is 0.209 e. The lowest BCUT2D eigenvalue weighted by Crippen LogP contribution is -2.22. The molecule has 0 N–H and O–H groups in total. The molecule has 0 aliphatic heterocycles. The van der Waals surface area contributed by atoms with Crippen LogP contribution >= 0.6 is 12.6 Å². The fourth-order valence-corrected chi connectivity index (χ4v) is 2.84. The topological polar surface area (TPSA) is 26.3 Å². The zero-order valence-corrected chi connectivity index (χ0v) is 14.1. The Morgan fingerprint density at radius 1 is 1.50 bits per heavy atom. The Kier molecular flexibility index (Phi) is 7.04. The van der Waals surface area contributed by atoms with Gasteiger partial charge in [-0.15, -0.1) is 12.6 Å². The molecular weight excluding hydrogens is 268 g/mol. The summed E-state index contributed by atoms with van der Waals surface area (Å²) in [4.78, 5) is 10.9. The van der Waals surface area contributed by atoms with E-state index in [0.717, 1.165) is 31.3 Å². The van der Waals surface area contributed by atoms with Crippen molar-refractivity contribution < 1.29 is 9.53 Å². The van der Waals surface area contributed by atoms with E-state index in [-0.39, 0.29) is 10.7 Å². The molecule has 0 saturated heterocycles. The number of thiol groups is 1. The van der Waals surface area contributed by atoms with E-state index in [1.165, 1.54) is 18.4 Å². The lowest BCUT2D eigenvalue weighted by Gasteiger charge is -2.23. The highest BCUT2D eigenvalue weighted by molar-refractivity contribution is 7.97. The minimum absolute atomic E-state index is 0.00478. The molecule has 0 aromatic heterocycles. The summed E-state index contributed by atoms with van der Waals surface area (Å²) in [6, 6.07) is 0. The van der Waals surface area contributed by atoms with E-state index >= 15 is 0 Å². The SMILES string of the molecule is COC(C)(C)CCCC(C)CC1=CC(=CC(=O)S)CC1. The molecule has 0 heterocycles. The highest BCUT2D eigenvalue weighted by Crippen LogP contribution is 2.30. The monoisotopic (exact) mass is 296 g/mol. The van der Waals surface area contributed by atoms with Crippen molar-refractivity contribution in [3.8, 4) is 0 Å². The first-order chi connectivity index (χ1) is 9.32. The quantitative estimate of drug-likeness (QED) is 0.518. The molecule has 1 rings (SSSR count). The highest BCUT2D eigenvalue weighted by Gasteiger charge is 2.17. The normalized spacial score (nSPS) is 19.2. The molecule has 0 amide bonds. The summed E-state index contributed by atoms with van der Waals surface area (Å²) < 4.78 is 5.45. The van der Waals surface area contributed by atoms with Crippen LogP contribution in [-0.2, 0) is 9.53 Å². The van der Waals surface area contributed by atoms with Gasteiger partial charge in [0.05, 0.1) is 5.60 Å². The molecule has 0 saturated carbocycles. The van der Waals surface area contributed by atoms with Crippen molar-refractivity contribution in [1.82, 2.24) is 0 Å². The maximum absolute atomic E-state index is 10.9. The van der Waals surface area contributed by atoms with Gasteiger partial charge in [-0.3, -0.25) is 4.79 Å². The number of allylic oxidation sites excluding steroid dienone is 3. The number of carbonyl (C=O) groups is 1. The first kappa shape index (κ1) is 17.5. The predicted molar refractivity (Wildman–Crippen MR) is 88.1 cm³/mol. The van der Waals surface area contributed by atoms with Gasteiger partial charge in [-0.2, -0.15) is 0 Å². The van der Waals surface area contributed by atoms with Crippen LogP contribution < -0.4 is 0 Å². The number of methoxy groups -OCH3 is 1. The third kappa shape index (κ3) is 6.76. The fourth-order valence-electron chi connectivity index (χ4n) is 2.67. The number of hydrogen-bond acceptors (Lipinski definition) is 2. The molecule has 0 aromatic rings. The summed E-state index contributed by atoms with van der Waals surface area (Å²) in [6.07, 6.45) is 10.6. The summed E-state index contributed by atoms with van der Waals surface area (Å²) in [5, 5.41) is -0.146. The average Bonchev–Trinajstić information content (AvgIpc) is 2.75. The molecule has 1 aliphatic rings. The zero-order valence-electron chi connectivity index (χ0n) is 13.2. The van der Waals surface area contributed by atoms with E-state index in [0.29, 0.717) is 5.92 Å². The Labute approximate surface area is 129 Å². The molecular formula is C17H28O2S. The third-order valence-corrected chi connectivity index (χ3v) is 4.20. The van der Waals surface area contributed by atoms with Crippen LogP contribution in [0.1, 0.15) is 59.3 Å². The van der Waals surface area contributed by atoms with Crippen molar-refractivity contribution in [3.05, 3.63) is 23.3 Å². The molecule has 0 bridgehead atoms. The van der Waals surface area contributed by atoms with Crippen LogP contribution in [0.5, 0.6) is 0 Å². The van der Waals surface area contributed by atoms with Gasteiger partial charge in [0.25, 0.3) is 0 Å². The second-order valence-corrected chi connectivity index (χ2v) is 6.97. The van der Waals surface area contributed by atoms with Crippen molar-refractivity contribution >= 4 is 17.7 Å². The molecule has 2 nitrogen and oxygen atoms in total. The van der Waals surface area contributed by atoms with Crippen LogP contribution in [0, 0.1) is 5.92 Å². The minimum Gasteiger partial charge on any atom is -0.379 e. The van der Waals surface area contributed by atoms with Crippen molar-refractivity contribution in [3.63, 3.8) is 0 Å². The van der Waals surface area contributed by atoms with Gasteiger partial charge in [-0.1, -0.05) is 31.4 Å². The van der Waals surface area contributed by atoms with Gasteiger partial charge in [0.1, 0.15) is 0 Å². The summed E-state index contributed by atoms with van der Waals surface area (Å²) in [5.41, 5.74) is 2.60. The van der Waals surface area contributed by atoms with Crippen LogP contribution in [-0.4, -0.2) is 17.8 Å². The van der Waals surface area contributed by atoms with E-state index in [2.05, 4.69) is 39.5 Å². The molecule has 0 aromatic carbocycles. The largest absolute Gasteiger partial charge is 0.379 e. The maximum Gasteiger partial charge on any atom is 0.209 e. The summed E-state index contributed by atoms with van der Waals surface area (Å²) in [6.45, 7) is 6.59. The van der Waals surface area contributed by atoms with E-state index in [1.807, 2.05) is 0 Å². The Bertz CT molecular complexity index is 394. The second kappa shape index (κ2) is 8.04. The first-order valence-corrected chi connectivity index (χ1v) is 7.95. The molecule has 1 aliphatic carbocycles. The van der Waals surface area contributed by atoms with Gasteiger partial charge in [0.15, 0.2) is 0 Å². The van der Waals surface area contributed by atoms with Gasteiger partial charge >= 0.3 is 0 Å². The van der Waals surface area contributed by atoms with Gasteiger partial charge in [-0.25, -0.2) is 0 Å². The molecule has 20 heavy (non-hydrogen) atoms. The molecule has 1 atom stereocenters. The van der Waals surface area contributed by atoms with Crippen molar-refractivity contribution in [2.75, 3.05) is 7.11 Å². The maximum atomic E-state index is 10.9. The van der Waals surface area contributed by atoms with E-state index in [9.17, 15) is 4.79 Å². The standard InChI is InChI=1S/C17H28O2S/c1-13(6-5-9-17(2,3)19-4)10-14-7-8-15(11-14)12-16(18)20/h11-13H,5-10H2,1-4H3,(H,18,20). The van der Waals surface area contributed by atoms with Gasteiger partial charge in [-0.05, 0) is 57.1 Å². The summed E-state index contributed by atoms with van der Waals surface area (Å²) in [7, 11) is 1.78. The lowest BCUT2D eigenvalue weighted by molar-refractivity contribution is -0.106. The molecule has 0 spiro atoms. The number of rotatable bonds is 8. The number of carbonyl (C=O) groups excluding carboxylic acids is 1. The molecule has 1 unspecified atom stereocenters. The lowest BCUT2D eigenvalue weighted by atomic mass is 9.92. The van der Waals surface area contributed by atoms with Crippen molar-refractivity contribution in [1.29, 1.82) is 0 Å². The average molecular weight is 296 g/mol. The third-order valence-electron chi connectivity index (χ3n) is 4.07. The number of ether oxygens (including phenoxy) is 1. The minimum atomic E-state index is -0.146. The van der Waals surface area contributed by atoms with Crippen LogP contribution in [0.25, 0.3) is 0 Å². The first-order valence-electron chi connectivity index (χ1n) is 7.50. The van der Waals surface area contributed by atoms with Crippen LogP contribution in [0.3, 0.4) is 0 Å². The van der Waals surface area contributed by atoms with Crippen molar-refractivity contribution in [2.45, 2.75) is 64.9 Å². The van der Waals surface area contributed by atoms with E-state index in [1.54, 1.807) is 13.2 Å².